The Kier molecular flexibility index (Phi) is 10.3. The van der Waals surface area contributed by atoms with Crippen LogP contribution in [0.3, 0.4) is 0 Å². The summed E-state index contributed by atoms with van der Waals surface area (Å²) in [6.07, 6.45) is 7.40. The third-order valence-electron chi connectivity index (χ3n) is 10.0. The molecule has 0 aliphatic carbocycles. The highest BCUT2D eigenvalue weighted by Gasteiger charge is 2.73. The number of benzene rings is 1. The fourth-order valence-electron chi connectivity index (χ4n) is 8.50. The van der Waals surface area contributed by atoms with E-state index in [0.717, 1.165) is 0 Å². The summed E-state index contributed by atoms with van der Waals surface area (Å²) < 4.78 is 13.0. The molecule has 0 bridgehead atoms. The van der Waals surface area contributed by atoms with Crippen LogP contribution in [0.15, 0.2) is 54.6 Å². The van der Waals surface area contributed by atoms with Crippen molar-refractivity contribution >= 4 is 23.7 Å². The van der Waals surface area contributed by atoms with Crippen LogP contribution in [0.4, 0.5) is 0 Å². The fourth-order valence-corrected chi connectivity index (χ4v) is 8.50. The zero-order chi connectivity index (χ0) is 35.0. The molecule has 0 saturated carbocycles. The molecule has 2 fully saturated rings. The third kappa shape index (κ3) is 6.97. The zero-order valence-electron chi connectivity index (χ0n) is 29.5. The van der Waals surface area contributed by atoms with Crippen LogP contribution < -0.4 is 5.32 Å². The van der Waals surface area contributed by atoms with Crippen LogP contribution in [0, 0.1) is 23.2 Å². The fraction of sp³-hybridized carbons (Fsp3) is 0.632. The molecule has 2 saturated heterocycles. The molecule has 262 valence electrons. The van der Waals surface area contributed by atoms with E-state index in [4.69, 9.17) is 9.47 Å². The van der Waals surface area contributed by atoms with E-state index in [1.54, 1.807) is 12.2 Å². The minimum atomic E-state index is -1.47. The molecular weight excluding hydrogens is 610 g/mol. The van der Waals surface area contributed by atoms with Gasteiger partial charge >= 0.3 is 5.97 Å². The second-order valence-electron chi connectivity index (χ2n) is 16.1. The van der Waals surface area contributed by atoms with E-state index in [0.29, 0.717) is 31.4 Å². The molecule has 0 aromatic heterocycles. The summed E-state index contributed by atoms with van der Waals surface area (Å²) in [4.78, 5) is 60.3. The van der Waals surface area contributed by atoms with E-state index in [2.05, 4.69) is 26.1 Å². The third-order valence-corrected chi connectivity index (χ3v) is 10.0. The minimum Gasteiger partial charge on any atom is -0.455 e. The number of carbonyl (C=O) groups excluding carboxylic acids is 4. The van der Waals surface area contributed by atoms with Gasteiger partial charge in [0.05, 0.1) is 31.2 Å². The summed E-state index contributed by atoms with van der Waals surface area (Å²) in [5.41, 5.74) is -1.42. The number of amides is 3. The molecule has 1 spiro atoms. The monoisotopic (exact) mass is 663 g/mol. The number of aliphatic hydroxyl groups is 1. The van der Waals surface area contributed by atoms with Crippen molar-refractivity contribution in [2.45, 2.75) is 110 Å². The quantitative estimate of drug-likeness (QED) is 0.329. The number of esters is 1. The molecule has 1 aromatic carbocycles. The van der Waals surface area contributed by atoms with Crippen molar-refractivity contribution in [2.24, 2.45) is 23.2 Å². The average Bonchev–Trinajstić information content (AvgIpc) is 3.39. The van der Waals surface area contributed by atoms with Crippen LogP contribution in [-0.4, -0.2) is 87.6 Å². The van der Waals surface area contributed by atoms with Gasteiger partial charge in [-0.05, 0) is 50.0 Å². The predicted octanol–water partition coefficient (Wildman–Crippen LogP) is 4.34. The van der Waals surface area contributed by atoms with Gasteiger partial charge in [0.15, 0.2) is 0 Å². The lowest BCUT2D eigenvalue weighted by Crippen LogP contribution is -2.61. The van der Waals surface area contributed by atoms with Crippen LogP contribution >= 0.6 is 0 Å². The van der Waals surface area contributed by atoms with Gasteiger partial charge < -0.3 is 29.7 Å². The first kappa shape index (κ1) is 35.8. The van der Waals surface area contributed by atoms with E-state index in [9.17, 15) is 19.5 Å². The topological polar surface area (TPSA) is 125 Å². The van der Waals surface area contributed by atoms with Gasteiger partial charge in [0.25, 0.3) is 0 Å². The minimum absolute atomic E-state index is 0.0756. The number of rotatable bonds is 7. The summed E-state index contributed by atoms with van der Waals surface area (Å²) in [6.45, 7) is 14.6. The van der Waals surface area contributed by atoms with Crippen molar-refractivity contribution in [1.29, 1.82) is 0 Å². The Hall–Kier alpha value is -3.50. The largest absolute Gasteiger partial charge is 0.455 e. The number of ether oxygens (including phenoxy) is 2. The van der Waals surface area contributed by atoms with Gasteiger partial charge in [-0.25, -0.2) is 0 Å². The maximum Gasteiger partial charge on any atom is 0.313 e. The first-order chi connectivity index (χ1) is 22.6. The lowest BCUT2D eigenvalue weighted by atomic mass is 9.77. The number of nitrogens with zero attached hydrogens (tertiary/aromatic N) is 2. The highest BCUT2D eigenvalue weighted by atomic mass is 16.6. The molecule has 5 rings (SSSR count). The van der Waals surface area contributed by atoms with Gasteiger partial charge in [0, 0.05) is 18.5 Å². The maximum absolute atomic E-state index is 15.0. The molecule has 48 heavy (non-hydrogen) atoms. The van der Waals surface area contributed by atoms with Gasteiger partial charge in [-0.1, -0.05) is 89.3 Å². The number of likely N-dealkylation sites (tertiary alicyclic amines) is 1. The molecular formula is C38H53N3O7. The van der Waals surface area contributed by atoms with Gasteiger partial charge in [-0.2, -0.15) is 0 Å². The molecule has 4 heterocycles. The molecule has 10 heteroatoms. The van der Waals surface area contributed by atoms with Crippen molar-refractivity contribution in [1.82, 2.24) is 15.1 Å². The Morgan fingerprint density at radius 2 is 1.73 bits per heavy atom. The van der Waals surface area contributed by atoms with Crippen molar-refractivity contribution in [2.75, 3.05) is 19.7 Å². The summed E-state index contributed by atoms with van der Waals surface area (Å²) >= 11 is 0. The number of fused-ring (bicyclic) bond motifs is 2. The van der Waals surface area contributed by atoms with Gasteiger partial charge in [-0.15, -0.1) is 0 Å². The molecule has 4 aliphatic heterocycles. The standard InChI is InChI=1S/C38H53N3O7/c1-24(2)20-26(22-42)41-32-34(45)40(37(6,7)23-36(3,4)5)19-13-18-38(32)31(33(41)44)30-27(48-38)16-11-12-17-29(43)39-21-28(47-35(30)46)25-14-9-8-10-15-25/h8-11,13-16,18,24,26-28,30-32,42H,12,17,19-23H2,1-7H3,(H,39,43)/b16-11-/t26-,27+,28-,30-,31-,32+,38-/m1/s1. The molecule has 3 amide bonds. The second kappa shape index (κ2) is 13.8. The molecule has 7 atom stereocenters. The lowest BCUT2D eigenvalue weighted by Gasteiger charge is -2.45. The smallest absolute Gasteiger partial charge is 0.313 e. The SMILES string of the molecule is CC(C)C[C@H](CO)N1C(=O)[C@H]2[C@@H]3C(=O)O[C@@H](c4ccccc4)CNC(=O)CC/C=C\[C@@H]3O[C@]23C=CCN(C(C)(C)CC(C)(C)C)C(=O)[C@H]13. The number of hydrogen-bond donors (Lipinski definition) is 2. The number of hydrogen-bond acceptors (Lipinski definition) is 7. The Morgan fingerprint density at radius 3 is 2.38 bits per heavy atom. The zero-order valence-corrected chi connectivity index (χ0v) is 29.5. The van der Waals surface area contributed by atoms with Crippen molar-refractivity contribution in [3.8, 4) is 0 Å². The Morgan fingerprint density at radius 1 is 1.02 bits per heavy atom. The van der Waals surface area contributed by atoms with E-state index >= 15 is 4.79 Å². The molecule has 4 aliphatic rings. The highest BCUT2D eigenvalue weighted by molar-refractivity contribution is 5.99. The van der Waals surface area contributed by atoms with Gasteiger partial charge in [0.1, 0.15) is 23.7 Å². The van der Waals surface area contributed by atoms with Crippen LogP contribution in [0.2, 0.25) is 0 Å². The summed E-state index contributed by atoms with van der Waals surface area (Å²) in [7, 11) is 0. The number of carbonyl (C=O) groups is 4. The predicted molar refractivity (Wildman–Crippen MR) is 181 cm³/mol. The number of nitrogens with one attached hydrogen (secondary N) is 1. The summed E-state index contributed by atoms with van der Waals surface area (Å²) in [5, 5.41) is 13.6. The average molecular weight is 664 g/mol. The summed E-state index contributed by atoms with van der Waals surface area (Å²) in [6, 6.07) is 7.44. The Balaban J connectivity index is 1.63. The Labute approximate surface area is 284 Å². The van der Waals surface area contributed by atoms with Crippen LogP contribution in [0.25, 0.3) is 0 Å². The number of aliphatic hydroxyl groups excluding tert-OH is 1. The first-order valence-corrected chi connectivity index (χ1v) is 17.4. The van der Waals surface area contributed by atoms with E-state index in [1.165, 1.54) is 4.90 Å². The van der Waals surface area contributed by atoms with Gasteiger partial charge in [0.2, 0.25) is 17.7 Å². The van der Waals surface area contributed by atoms with Crippen molar-refractivity contribution < 1.29 is 33.8 Å². The van der Waals surface area contributed by atoms with Gasteiger partial charge in [-0.3, -0.25) is 19.2 Å². The molecule has 0 unspecified atom stereocenters. The molecule has 1 aromatic rings. The van der Waals surface area contributed by atoms with E-state index in [-0.39, 0.29) is 42.7 Å². The van der Waals surface area contributed by atoms with Crippen LogP contribution in [-0.2, 0) is 28.7 Å². The number of cyclic esters (lactones) is 1. The molecule has 2 N–H and O–H groups in total. The summed E-state index contributed by atoms with van der Waals surface area (Å²) in [5.74, 6) is -3.47. The normalized spacial score (nSPS) is 31.2. The van der Waals surface area contributed by atoms with Crippen LogP contribution in [0.1, 0.15) is 85.8 Å². The lowest BCUT2D eigenvalue weighted by molar-refractivity contribution is -0.161. The van der Waals surface area contributed by atoms with Crippen molar-refractivity contribution in [3.05, 3.63) is 60.2 Å². The van der Waals surface area contributed by atoms with E-state index in [1.807, 2.05) is 75.1 Å². The molecule has 0 radical (unpaired) electrons. The number of allylic oxidation sites excluding steroid dienone is 1. The Bertz CT molecular complexity index is 1430. The molecule has 10 nitrogen and oxygen atoms in total. The van der Waals surface area contributed by atoms with E-state index < -0.39 is 59.1 Å². The van der Waals surface area contributed by atoms with Crippen molar-refractivity contribution in [3.63, 3.8) is 0 Å². The second-order valence-corrected chi connectivity index (χ2v) is 16.1. The maximum atomic E-state index is 15.0. The highest BCUT2D eigenvalue weighted by Crippen LogP contribution is 2.54. The first-order valence-electron chi connectivity index (χ1n) is 17.4. The van der Waals surface area contributed by atoms with Crippen LogP contribution in [0.5, 0.6) is 0 Å².